The molecule has 2 fully saturated rings. The van der Waals surface area contributed by atoms with E-state index in [0.717, 1.165) is 53.3 Å². The molecule has 0 unspecified atom stereocenters. The van der Waals surface area contributed by atoms with Crippen LogP contribution in [0.4, 0.5) is 34.6 Å². The van der Waals surface area contributed by atoms with E-state index >= 15 is 0 Å². The number of carbonyl (C=O) groups is 2. The van der Waals surface area contributed by atoms with Gasteiger partial charge in [0.2, 0.25) is 0 Å². The molecule has 326 valence electrons. The first-order chi connectivity index (χ1) is 30.7. The van der Waals surface area contributed by atoms with E-state index in [0.29, 0.717) is 45.9 Å². The summed E-state index contributed by atoms with van der Waals surface area (Å²) in [6.07, 6.45) is 11.7. The first-order valence-electron chi connectivity index (χ1n) is 20.9. The topological polar surface area (TPSA) is 180 Å². The molecule has 64 heavy (non-hydrogen) atoms. The van der Waals surface area contributed by atoms with Gasteiger partial charge in [0.15, 0.2) is 11.3 Å². The minimum atomic E-state index is -0.971. The maximum atomic E-state index is 12.0. The van der Waals surface area contributed by atoms with Gasteiger partial charge in [-0.2, -0.15) is 10.2 Å². The molecule has 0 spiro atoms. The number of halogens is 1. The van der Waals surface area contributed by atoms with Gasteiger partial charge in [0.1, 0.15) is 23.3 Å². The summed E-state index contributed by atoms with van der Waals surface area (Å²) < 4.78 is 8.24. The van der Waals surface area contributed by atoms with Crippen molar-refractivity contribution in [2.45, 2.75) is 51.6 Å². The molecule has 2 aromatic carbocycles. The number of hydrogen-bond acceptors (Lipinski definition) is 13. The third-order valence-corrected chi connectivity index (χ3v) is 11.4. The standard InChI is InChI=1S/C24H24N6O2.C23H22N6O2.ClH/c1-16-6-5-12-29(16)22-10-4-9-21(27-22)26-20-15-19(28-30-13-11-25-23(20)30)17-7-3-8-18(14-17)24(31)32-2;1-15-5-4-11-28(15)21-9-3-8-20(26-21)25-19-14-18(27-29-12-10-24-22(19)29)16-6-2-7-17(13-16)23(30)31;/h3-4,7-11,13-16H,5-6,12H2,1-2H3,(H,26,27);2-3,6-10,12-15H,4-5,11H2,1H3,(H,25,26)(H,30,31);1H/t16-;15-;/m11./s1. The molecule has 2 atom stereocenters. The maximum Gasteiger partial charge on any atom is 0.337 e. The lowest BCUT2D eigenvalue weighted by Gasteiger charge is -2.23. The van der Waals surface area contributed by atoms with Gasteiger partial charge in [-0.1, -0.05) is 36.4 Å². The Morgan fingerprint density at radius 3 is 1.58 bits per heavy atom. The van der Waals surface area contributed by atoms with Crippen LogP contribution in [0.5, 0.6) is 0 Å². The molecule has 8 heterocycles. The molecule has 2 aliphatic rings. The molecular weight excluding hydrogens is 832 g/mol. The molecule has 17 heteroatoms. The highest BCUT2D eigenvalue weighted by Crippen LogP contribution is 2.31. The molecule has 0 aliphatic carbocycles. The molecule has 0 saturated carbocycles. The highest BCUT2D eigenvalue weighted by atomic mass is 35.5. The largest absolute Gasteiger partial charge is 0.478 e. The quantitative estimate of drug-likeness (QED) is 0.111. The fourth-order valence-corrected chi connectivity index (χ4v) is 8.16. The van der Waals surface area contributed by atoms with Crippen LogP contribution in [0, 0.1) is 0 Å². The number of fused-ring (bicyclic) bond motifs is 2. The van der Waals surface area contributed by atoms with Crippen LogP contribution in [-0.4, -0.2) is 88.5 Å². The van der Waals surface area contributed by atoms with Gasteiger partial charge in [-0.3, -0.25) is 0 Å². The van der Waals surface area contributed by atoms with Crippen LogP contribution in [0.25, 0.3) is 33.8 Å². The maximum absolute atomic E-state index is 12.0. The number of hydrogen-bond donors (Lipinski definition) is 3. The lowest BCUT2D eigenvalue weighted by molar-refractivity contribution is 0.0599. The van der Waals surface area contributed by atoms with Gasteiger partial charge in [0, 0.05) is 61.1 Å². The molecule has 6 aromatic heterocycles. The van der Waals surface area contributed by atoms with E-state index in [-0.39, 0.29) is 23.9 Å². The van der Waals surface area contributed by atoms with E-state index < -0.39 is 5.97 Å². The van der Waals surface area contributed by atoms with Crippen LogP contribution < -0.4 is 20.4 Å². The second-order valence-corrected chi connectivity index (χ2v) is 15.6. The highest BCUT2D eigenvalue weighted by molar-refractivity contribution is 5.91. The number of carboxylic acids is 1. The summed E-state index contributed by atoms with van der Waals surface area (Å²) in [6.45, 7) is 6.50. The van der Waals surface area contributed by atoms with E-state index in [1.165, 1.54) is 32.8 Å². The summed E-state index contributed by atoms with van der Waals surface area (Å²) in [5.74, 6) is 2.04. The summed E-state index contributed by atoms with van der Waals surface area (Å²) in [6, 6.07) is 30.7. The highest BCUT2D eigenvalue weighted by Gasteiger charge is 2.23. The van der Waals surface area contributed by atoms with Crippen LogP contribution in [0.1, 0.15) is 60.2 Å². The number of aromatic carboxylic acids is 1. The van der Waals surface area contributed by atoms with E-state index in [2.05, 4.69) is 54.4 Å². The zero-order valence-corrected chi connectivity index (χ0v) is 36.3. The Bertz CT molecular complexity index is 2960. The third-order valence-electron chi connectivity index (χ3n) is 11.4. The molecule has 2 aliphatic heterocycles. The molecular formula is C47H47ClN12O4. The Morgan fingerprint density at radius 1 is 0.656 bits per heavy atom. The van der Waals surface area contributed by atoms with Crippen LogP contribution in [0.15, 0.2) is 122 Å². The number of carboxylic acid groups (broad SMARTS) is 1. The number of aromatic nitrogens is 8. The smallest absolute Gasteiger partial charge is 0.337 e. The van der Waals surface area contributed by atoms with E-state index in [1.54, 1.807) is 64.2 Å². The van der Waals surface area contributed by atoms with Crippen LogP contribution in [-0.2, 0) is 4.74 Å². The summed E-state index contributed by atoms with van der Waals surface area (Å²) in [5, 5.41) is 25.4. The zero-order valence-electron chi connectivity index (χ0n) is 35.5. The lowest BCUT2D eigenvalue weighted by Crippen LogP contribution is -2.27. The summed E-state index contributed by atoms with van der Waals surface area (Å²) in [7, 11) is 1.37. The van der Waals surface area contributed by atoms with Gasteiger partial charge in [0.05, 0.1) is 41.0 Å². The number of methoxy groups -OCH3 is 1. The van der Waals surface area contributed by atoms with Gasteiger partial charge in [-0.05, 0) is 100 Å². The van der Waals surface area contributed by atoms with Gasteiger partial charge in [0.25, 0.3) is 0 Å². The first-order valence-corrected chi connectivity index (χ1v) is 20.9. The van der Waals surface area contributed by atoms with Crippen molar-refractivity contribution in [2.24, 2.45) is 0 Å². The number of ether oxygens (including phenoxy) is 1. The molecule has 0 bridgehead atoms. The second kappa shape index (κ2) is 18.8. The van der Waals surface area contributed by atoms with Gasteiger partial charge in [-0.25, -0.2) is 38.6 Å². The monoisotopic (exact) mass is 878 g/mol. The van der Waals surface area contributed by atoms with E-state index in [9.17, 15) is 14.7 Å². The van der Waals surface area contributed by atoms with Crippen molar-refractivity contribution < 1.29 is 19.4 Å². The average Bonchev–Trinajstić information content (AvgIpc) is 4.15. The van der Waals surface area contributed by atoms with E-state index in [4.69, 9.17) is 14.7 Å². The summed E-state index contributed by atoms with van der Waals surface area (Å²) >= 11 is 0. The van der Waals surface area contributed by atoms with Crippen molar-refractivity contribution >= 4 is 70.3 Å². The number of rotatable bonds is 10. The SMILES string of the molecule is COC(=O)c1cccc(-c2cc(Nc3cccc(N4CCC[C@H]4C)n3)c3nccn3n2)c1.C[C@@H]1CCCN1c1cccc(Nc2cc(-c3cccc(C(=O)O)c3)nn3ccnc23)n1.Cl. The van der Waals surface area contributed by atoms with Gasteiger partial charge in [-0.15, -0.1) is 12.4 Å². The summed E-state index contributed by atoms with van der Waals surface area (Å²) in [5.41, 5.74) is 6.44. The van der Waals surface area contributed by atoms with Crippen LogP contribution in [0.2, 0.25) is 0 Å². The van der Waals surface area contributed by atoms with Crippen molar-refractivity contribution in [3.05, 3.63) is 133 Å². The Hall–Kier alpha value is -7.59. The molecule has 0 amide bonds. The molecule has 16 nitrogen and oxygen atoms in total. The minimum absolute atomic E-state index is 0. The predicted octanol–water partition coefficient (Wildman–Crippen LogP) is 8.95. The van der Waals surface area contributed by atoms with Crippen molar-refractivity contribution in [3.8, 4) is 22.5 Å². The van der Waals surface area contributed by atoms with Crippen LogP contribution in [0.3, 0.4) is 0 Å². The number of carbonyl (C=O) groups excluding carboxylic acids is 1. The van der Waals surface area contributed by atoms with Crippen molar-refractivity contribution in [2.75, 3.05) is 40.6 Å². The summed E-state index contributed by atoms with van der Waals surface area (Å²) in [4.78, 5) is 46.5. The fourth-order valence-electron chi connectivity index (χ4n) is 8.16. The number of anilines is 6. The normalized spacial score (nSPS) is 15.7. The number of nitrogens with zero attached hydrogens (tertiary/aromatic N) is 10. The number of esters is 1. The Balaban J connectivity index is 0.000000172. The Morgan fingerprint density at radius 2 is 1.12 bits per heavy atom. The number of pyridine rings is 2. The first kappa shape index (κ1) is 43.1. The van der Waals surface area contributed by atoms with E-state index in [1.807, 2.05) is 66.7 Å². The molecule has 0 radical (unpaired) electrons. The van der Waals surface area contributed by atoms with Crippen molar-refractivity contribution in [3.63, 3.8) is 0 Å². The predicted molar refractivity (Wildman–Crippen MR) is 250 cm³/mol. The number of imidazole rings is 2. The number of nitrogens with one attached hydrogen (secondary N) is 2. The average molecular weight is 879 g/mol. The molecule has 10 rings (SSSR count). The second-order valence-electron chi connectivity index (χ2n) is 15.6. The Kier molecular flexibility index (Phi) is 12.7. The third kappa shape index (κ3) is 9.13. The van der Waals surface area contributed by atoms with Gasteiger partial charge >= 0.3 is 11.9 Å². The van der Waals surface area contributed by atoms with Crippen LogP contribution >= 0.6 is 12.4 Å². The molecule has 8 aromatic rings. The fraction of sp³-hybridized carbons (Fsp3) is 0.234. The van der Waals surface area contributed by atoms with Crippen molar-refractivity contribution in [1.29, 1.82) is 0 Å². The van der Waals surface area contributed by atoms with Crippen molar-refractivity contribution in [1.82, 2.24) is 39.2 Å². The molecule has 2 saturated heterocycles. The molecule has 3 N–H and O–H groups in total. The number of benzene rings is 2. The lowest BCUT2D eigenvalue weighted by atomic mass is 10.1. The van der Waals surface area contributed by atoms with Gasteiger partial charge < -0.3 is 30.3 Å². The Labute approximate surface area is 375 Å². The minimum Gasteiger partial charge on any atom is -0.478 e. The zero-order chi connectivity index (χ0) is 43.5.